The summed E-state index contributed by atoms with van der Waals surface area (Å²) in [6.07, 6.45) is 5.90. The van der Waals surface area contributed by atoms with Gasteiger partial charge in [0.2, 0.25) is 0 Å². The van der Waals surface area contributed by atoms with Crippen LogP contribution in [0.25, 0.3) is 0 Å². The Morgan fingerprint density at radius 1 is 1.10 bits per heavy atom. The molecule has 1 aromatic carbocycles. The number of fused-ring (bicyclic) bond motifs is 1. The van der Waals surface area contributed by atoms with Gasteiger partial charge in [-0.2, -0.15) is 9.78 Å². The van der Waals surface area contributed by atoms with E-state index in [1.54, 1.807) is 0 Å². The van der Waals surface area contributed by atoms with Gasteiger partial charge in [-0.05, 0) is 71.2 Å². The monoisotopic (exact) mass is 419 g/mol. The van der Waals surface area contributed by atoms with Gasteiger partial charge in [0, 0.05) is 30.3 Å². The van der Waals surface area contributed by atoms with Crippen LogP contribution in [-0.4, -0.2) is 34.2 Å². The molecule has 0 bridgehead atoms. The van der Waals surface area contributed by atoms with Crippen molar-refractivity contribution in [3.05, 3.63) is 51.2 Å². The van der Waals surface area contributed by atoms with E-state index in [4.69, 9.17) is 9.98 Å². The van der Waals surface area contributed by atoms with Crippen molar-refractivity contribution < 1.29 is 0 Å². The maximum Gasteiger partial charge on any atom is 0.277 e. The van der Waals surface area contributed by atoms with Crippen LogP contribution >= 0.6 is 0 Å². The highest BCUT2D eigenvalue weighted by Crippen LogP contribution is 2.33. The summed E-state index contributed by atoms with van der Waals surface area (Å²) in [5.41, 5.74) is 6.24. The van der Waals surface area contributed by atoms with Gasteiger partial charge >= 0.3 is 0 Å². The largest absolute Gasteiger partial charge is 0.372 e. The molecule has 0 N–H and O–H groups in total. The van der Waals surface area contributed by atoms with E-state index < -0.39 is 0 Å². The lowest BCUT2D eigenvalue weighted by molar-refractivity contribution is 0.433. The molecule has 1 aliphatic heterocycles. The van der Waals surface area contributed by atoms with Gasteiger partial charge in [0.05, 0.1) is 17.1 Å². The summed E-state index contributed by atoms with van der Waals surface area (Å²) >= 11 is 0. The third-order valence-electron chi connectivity index (χ3n) is 6.66. The highest BCUT2D eigenvalue weighted by Gasteiger charge is 2.28. The average molecular weight is 420 g/mol. The Balaban J connectivity index is 1.77. The first-order chi connectivity index (χ1) is 14.9. The van der Waals surface area contributed by atoms with Crippen LogP contribution < -0.4 is 10.5 Å². The van der Waals surface area contributed by atoms with E-state index in [0.29, 0.717) is 17.5 Å². The number of aromatic nitrogens is 2. The average Bonchev–Trinajstić information content (AvgIpc) is 3.09. The molecule has 4 rings (SSSR count). The van der Waals surface area contributed by atoms with Gasteiger partial charge in [0.15, 0.2) is 5.82 Å². The van der Waals surface area contributed by atoms with Crippen LogP contribution in [0, 0.1) is 13.8 Å². The zero-order valence-electron chi connectivity index (χ0n) is 19.4. The third kappa shape index (κ3) is 3.95. The van der Waals surface area contributed by atoms with Crippen molar-refractivity contribution in [2.75, 3.05) is 18.0 Å². The van der Waals surface area contributed by atoms with Crippen molar-refractivity contribution in [3.63, 3.8) is 0 Å². The first kappa shape index (κ1) is 21.5. The van der Waals surface area contributed by atoms with Crippen molar-refractivity contribution in [1.29, 1.82) is 0 Å². The summed E-state index contributed by atoms with van der Waals surface area (Å²) in [7, 11) is 0. The predicted octanol–water partition coefficient (Wildman–Crippen LogP) is 5.11. The van der Waals surface area contributed by atoms with Crippen molar-refractivity contribution in [3.8, 4) is 0 Å². The van der Waals surface area contributed by atoms with Crippen LogP contribution in [0.15, 0.2) is 33.1 Å². The summed E-state index contributed by atoms with van der Waals surface area (Å²) in [6, 6.07) is 6.35. The topological polar surface area (TPSA) is 62.9 Å². The Morgan fingerprint density at radius 3 is 2.45 bits per heavy atom. The molecule has 2 aliphatic rings. The van der Waals surface area contributed by atoms with Crippen LogP contribution in [0.5, 0.6) is 0 Å². The SMILES string of the molecule is CCN(CC)c1ccc(N=C2C(C)=Nn3c2nc(C2CCCCC2)c(C)c3=O)c(C)c1. The van der Waals surface area contributed by atoms with Crippen LogP contribution in [0.4, 0.5) is 11.4 Å². The van der Waals surface area contributed by atoms with E-state index in [2.05, 4.69) is 49.0 Å². The van der Waals surface area contributed by atoms with E-state index in [9.17, 15) is 4.79 Å². The molecule has 0 amide bonds. The highest BCUT2D eigenvalue weighted by atomic mass is 16.1. The smallest absolute Gasteiger partial charge is 0.277 e. The van der Waals surface area contributed by atoms with Gasteiger partial charge in [-0.25, -0.2) is 9.98 Å². The normalized spacial score (nSPS) is 17.7. The van der Waals surface area contributed by atoms with Crippen molar-refractivity contribution >= 4 is 22.8 Å². The van der Waals surface area contributed by atoms with Gasteiger partial charge in [-0.15, -0.1) is 0 Å². The molecule has 164 valence electrons. The van der Waals surface area contributed by atoms with E-state index in [0.717, 1.165) is 54.2 Å². The lowest BCUT2D eigenvalue weighted by Crippen LogP contribution is -2.27. The van der Waals surface area contributed by atoms with Gasteiger partial charge in [-0.1, -0.05) is 19.3 Å². The van der Waals surface area contributed by atoms with Gasteiger partial charge in [-0.3, -0.25) is 4.79 Å². The maximum atomic E-state index is 13.1. The summed E-state index contributed by atoms with van der Waals surface area (Å²) in [5.74, 6) is 0.950. The summed E-state index contributed by atoms with van der Waals surface area (Å²) in [5, 5.41) is 4.50. The fourth-order valence-corrected chi connectivity index (χ4v) is 4.79. The predicted molar refractivity (Wildman–Crippen MR) is 129 cm³/mol. The van der Waals surface area contributed by atoms with Crippen molar-refractivity contribution in [2.24, 2.45) is 10.1 Å². The number of benzene rings is 1. The van der Waals surface area contributed by atoms with Crippen molar-refractivity contribution in [2.45, 2.75) is 72.6 Å². The Kier molecular flexibility index (Phi) is 6.08. The molecule has 0 radical (unpaired) electrons. The zero-order chi connectivity index (χ0) is 22.1. The zero-order valence-corrected chi connectivity index (χ0v) is 19.4. The Labute approximate surface area is 184 Å². The quantitative estimate of drug-likeness (QED) is 0.676. The molecule has 6 heteroatoms. The number of aryl methyl sites for hydroxylation is 1. The Morgan fingerprint density at radius 2 is 1.81 bits per heavy atom. The lowest BCUT2D eigenvalue weighted by atomic mass is 9.85. The summed E-state index contributed by atoms with van der Waals surface area (Å²) < 4.78 is 1.44. The maximum absolute atomic E-state index is 13.1. The second kappa shape index (κ2) is 8.77. The highest BCUT2D eigenvalue weighted by molar-refractivity contribution is 6.48. The molecular weight excluding hydrogens is 386 g/mol. The minimum atomic E-state index is -0.0660. The molecule has 0 spiro atoms. The molecule has 1 fully saturated rings. The van der Waals surface area contributed by atoms with Crippen LogP contribution in [-0.2, 0) is 0 Å². The molecule has 0 saturated heterocycles. The minimum absolute atomic E-state index is 0.0660. The number of aliphatic imine (C=N–C) groups is 1. The molecule has 2 aromatic rings. The van der Waals surface area contributed by atoms with Crippen LogP contribution in [0.2, 0.25) is 0 Å². The molecule has 0 unspecified atom stereocenters. The van der Waals surface area contributed by atoms with E-state index >= 15 is 0 Å². The first-order valence-electron chi connectivity index (χ1n) is 11.6. The Hall–Kier alpha value is -2.76. The fourth-order valence-electron chi connectivity index (χ4n) is 4.79. The van der Waals surface area contributed by atoms with Crippen LogP contribution in [0.1, 0.15) is 81.4 Å². The number of rotatable bonds is 5. The van der Waals surface area contributed by atoms with Gasteiger partial charge < -0.3 is 4.90 Å². The number of hydrogen-bond donors (Lipinski definition) is 0. The fraction of sp³-hybridized carbons (Fsp3) is 0.520. The Bertz CT molecular complexity index is 1100. The van der Waals surface area contributed by atoms with E-state index in [1.807, 2.05) is 13.8 Å². The summed E-state index contributed by atoms with van der Waals surface area (Å²) in [6.45, 7) is 12.1. The number of anilines is 1. The molecule has 1 aliphatic carbocycles. The van der Waals surface area contributed by atoms with Crippen LogP contribution in [0.3, 0.4) is 0 Å². The standard InChI is InChI=1S/C25H33N5O/c1-6-29(7-2)20-13-14-21(16(3)15-20)26-23-18(5)28-30-24(23)27-22(17(4)25(30)31)19-11-9-8-10-12-19/h13-15,19H,6-12H2,1-5H3. The second-order valence-electron chi connectivity index (χ2n) is 8.69. The van der Waals surface area contributed by atoms with Gasteiger partial charge in [0.25, 0.3) is 5.56 Å². The second-order valence-corrected chi connectivity index (χ2v) is 8.69. The molecule has 6 nitrogen and oxygen atoms in total. The molecule has 2 heterocycles. The van der Waals surface area contributed by atoms with E-state index in [-0.39, 0.29) is 5.56 Å². The molecule has 1 saturated carbocycles. The molecule has 1 aromatic heterocycles. The molecule has 31 heavy (non-hydrogen) atoms. The lowest BCUT2D eigenvalue weighted by Gasteiger charge is -2.23. The van der Waals surface area contributed by atoms with E-state index in [1.165, 1.54) is 29.6 Å². The minimum Gasteiger partial charge on any atom is -0.372 e. The van der Waals surface area contributed by atoms with Crippen molar-refractivity contribution in [1.82, 2.24) is 9.66 Å². The first-order valence-corrected chi connectivity index (χ1v) is 11.6. The summed E-state index contributed by atoms with van der Waals surface area (Å²) in [4.78, 5) is 25.3. The number of nitrogens with zero attached hydrogens (tertiary/aromatic N) is 5. The molecule has 0 atom stereocenters. The number of hydrogen-bond acceptors (Lipinski definition) is 5. The third-order valence-corrected chi connectivity index (χ3v) is 6.66. The van der Waals surface area contributed by atoms with Gasteiger partial charge in [0.1, 0.15) is 5.71 Å². The molecular formula is C25H33N5O.